The molecule has 0 saturated carbocycles. The Bertz CT molecular complexity index is 1070. The average molecular weight is 475 g/mol. The molecule has 0 aliphatic rings. The van der Waals surface area contributed by atoms with Crippen molar-refractivity contribution in [2.75, 3.05) is 4.90 Å². The van der Waals surface area contributed by atoms with Crippen LogP contribution in [0, 0.1) is 13.8 Å². The largest absolute Gasteiger partial charge is 0.456 e. The molecule has 0 saturated heterocycles. The van der Waals surface area contributed by atoms with Crippen LogP contribution in [0.4, 0.5) is 10.8 Å². The number of rotatable bonds is 6. The molecule has 0 radical (unpaired) electrons. The number of hydrogen-bond acceptors (Lipinski definition) is 6. The predicted molar refractivity (Wildman–Crippen MR) is 116 cm³/mol. The maximum Gasteiger partial charge on any atom is 0.331 e. The molecule has 1 amide bonds. The predicted octanol–water partition coefficient (Wildman–Crippen LogP) is 5.56. The Morgan fingerprint density at radius 1 is 1.28 bits per heavy atom. The zero-order chi connectivity index (χ0) is 21.0. The molecule has 6 nitrogen and oxygen atoms in total. The third kappa shape index (κ3) is 5.42. The van der Waals surface area contributed by atoms with Crippen LogP contribution in [0.1, 0.15) is 29.5 Å². The molecule has 8 heteroatoms. The van der Waals surface area contributed by atoms with Crippen molar-refractivity contribution in [3.63, 3.8) is 0 Å². The van der Waals surface area contributed by atoms with E-state index in [1.807, 2.05) is 32.0 Å². The molecule has 3 rings (SSSR count). The lowest BCUT2D eigenvalue weighted by atomic mass is 10.1. The highest BCUT2D eigenvalue weighted by Gasteiger charge is 2.20. The fraction of sp³-hybridized carbons (Fsp3) is 0.190. The molecule has 0 fully saturated rings. The van der Waals surface area contributed by atoms with E-state index in [2.05, 4.69) is 20.9 Å². The molecule has 0 unspecified atom stereocenters. The number of anilines is 2. The summed E-state index contributed by atoms with van der Waals surface area (Å²) in [6, 6.07) is 9.34. The Labute approximate surface area is 180 Å². The number of furan rings is 1. The first-order chi connectivity index (χ1) is 13.8. The van der Waals surface area contributed by atoms with Gasteiger partial charge in [0, 0.05) is 18.4 Å². The number of halogens is 1. The van der Waals surface area contributed by atoms with Gasteiger partial charge in [-0.2, -0.15) is 0 Å². The normalized spacial score (nSPS) is 11.0. The van der Waals surface area contributed by atoms with Crippen LogP contribution in [0.25, 0.3) is 6.08 Å². The minimum absolute atomic E-state index is 0.0140. The number of amides is 1. The van der Waals surface area contributed by atoms with Crippen molar-refractivity contribution in [2.24, 2.45) is 0 Å². The topological polar surface area (TPSA) is 72.6 Å². The number of esters is 1. The van der Waals surface area contributed by atoms with Crippen LogP contribution in [-0.4, -0.2) is 16.9 Å². The van der Waals surface area contributed by atoms with Crippen molar-refractivity contribution in [1.82, 2.24) is 4.98 Å². The summed E-state index contributed by atoms with van der Waals surface area (Å²) in [7, 11) is 0. The lowest BCUT2D eigenvalue weighted by Gasteiger charge is -2.20. The molecule has 2 heterocycles. The second-order valence-corrected chi connectivity index (χ2v) is 7.97. The van der Waals surface area contributed by atoms with E-state index in [0.717, 1.165) is 16.8 Å². The van der Waals surface area contributed by atoms with Gasteiger partial charge in [0.25, 0.3) is 0 Å². The highest BCUT2D eigenvalue weighted by atomic mass is 79.9. The Balaban J connectivity index is 1.67. The van der Waals surface area contributed by atoms with E-state index >= 15 is 0 Å². The van der Waals surface area contributed by atoms with Crippen LogP contribution in [0.2, 0.25) is 0 Å². The molecule has 0 atom stereocenters. The summed E-state index contributed by atoms with van der Waals surface area (Å²) in [5.74, 6) is -0.109. The molecular formula is C21H19BrN2O4S. The van der Waals surface area contributed by atoms with Gasteiger partial charge in [0.15, 0.2) is 9.80 Å². The van der Waals surface area contributed by atoms with Crippen LogP contribution in [-0.2, 0) is 20.9 Å². The van der Waals surface area contributed by atoms with E-state index in [-0.39, 0.29) is 12.5 Å². The molecule has 150 valence electrons. The molecule has 0 spiro atoms. The van der Waals surface area contributed by atoms with E-state index in [0.29, 0.717) is 21.3 Å². The maximum absolute atomic E-state index is 12.3. The van der Waals surface area contributed by atoms with Crippen molar-refractivity contribution in [1.29, 1.82) is 0 Å². The van der Waals surface area contributed by atoms with Crippen LogP contribution >= 0.6 is 27.3 Å². The Kier molecular flexibility index (Phi) is 6.66. The highest BCUT2D eigenvalue weighted by Crippen LogP contribution is 2.31. The number of nitrogens with zero attached hydrogens (tertiary/aromatic N) is 2. The van der Waals surface area contributed by atoms with Gasteiger partial charge in [0.1, 0.15) is 12.4 Å². The van der Waals surface area contributed by atoms with E-state index in [9.17, 15) is 9.59 Å². The van der Waals surface area contributed by atoms with Gasteiger partial charge in [-0.3, -0.25) is 9.69 Å². The second-order valence-electron chi connectivity index (χ2n) is 6.35. The van der Waals surface area contributed by atoms with Gasteiger partial charge in [0.2, 0.25) is 5.91 Å². The Morgan fingerprint density at radius 2 is 2.07 bits per heavy atom. The number of thiazole rings is 1. The van der Waals surface area contributed by atoms with Crippen molar-refractivity contribution in [3.8, 4) is 0 Å². The van der Waals surface area contributed by atoms with Crippen LogP contribution in [0.5, 0.6) is 0 Å². The monoisotopic (exact) mass is 474 g/mol. The molecule has 0 aliphatic heterocycles. The molecule has 29 heavy (non-hydrogen) atoms. The molecule has 1 aromatic carbocycles. The quantitative estimate of drug-likeness (QED) is 0.345. The van der Waals surface area contributed by atoms with Gasteiger partial charge in [-0.1, -0.05) is 17.7 Å². The molecule has 0 aliphatic carbocycles. The highest BCUT2D eigenvalue weighted by molar-refractivity contribution is 9.10. The van der Waals surface area contributed by atoms with Crippen molar-refractivity contribution < 1.29 is 18.7 Å². The number of aromatic nitrogens is 1. The van der Waals surface area contributed by atoms with Crippen LogP contribution < -0.4 is 4.90 Å². The van der Waals surface area contributed by atoms with E-state index < -0.39 is 5.97 Å². The lowest BCUT2D eigenvalue weighted by Crippen LogP contribution is -2.23. The summed E-state index contributed by atoms with van der Waals surface area (Å²) < 4.78 is 11.1. The third-order valence-electron chi connectivity index (χ3n) is 3.98. The standard InChI is InChI=1S/C21H19BrN2O4S/c1-13-4-7-18(14(2)10-13)24(15(3)25)21-23-16(12-29-21)11-27-20(26)9-6-17-5-8-19(22)28-17/h4-10,12H,11H2,1-3H3/b9-6+. The molecule has 2 aromatic heterocycles. The van der Waals surface area contributed by atoms with Crippen molar-refractivity contribution in [3.05, 3.63) is 69.0 Å². The minimum Gasteiger partial charge on any atom is -0.456 e. The molecule has 0 bridgehead atoms. The average Bonchev–Trinajstić information content (AvgIpc) is 3.29. The summed E-state index contributed by atoms with van der Waals surface area (Å²) in [6.07, 6.45) is 2.81. The summed E-state index contributed by atoms with van der Waals surface area (Å²) >= 11 is 4.52. The fourth-order valence-corrected chi connectivity index (χ4v) is 3.87. The van der Waals surface area contributed by atoms with Crippen LogP contribution in [0.15, 0.2) is 50.9 Å². The first-order valence-corrected chi connectivity index (χ1v) is 10.4. The third-order valence-corrected chi connectivity index (χ3v) is 5.28. The smallest absolute Gasteiger partial charge is 0.331 e. The maximum atomic E-state index is 12.3. The number of carbonyl (C=O) groups is 2. The van der Waals surface area contributed by atoms with Gasteiger partial charge in [-0.15, -0.1) is 11.3 Å². The zero-order valence-corrected chi connectivity index (χ0v) is 18.5. The first kappa shape index (κ1) is 21.0. The van der Waals surface area contributed by atoms with Gasteiger partial charge in [0.05, 0.1) is 11.4 Å². The molecular weight excluding hydrogens is 456 g/mol. The molecule has 0 N–H and O–H groups in total. The number of benzene rings is 1. The second kappa shape index (κ2) is 9.19. The SMILES string of the molecule is CC(=O)N(c1nc(COC(=O)/C=C/c2ccc(Br)o2)cs1)c1ccc(C)cc1C. The van der Waals surface area contributed by atoms with E-state index in [4.69, 9.17) is 9.15 Å². The summed E-state index contributed by atoms with van der Waals surface area (Å²) in [4.78, 5) is 30.2. The number of ether oxygens (including phenoxy) is 1. The summed E-state index contributed by atoms with van der Waals surface area (Å²) in [5.41, 5.74) is 3.46. The zero-order valence-electron chi connectivity index (χ0n) is 16.1. The Morgan fingerprint density at radius 3 is 2.72 bits per heavy atom. The fourth-order valence-electron chi connectivity index (χ4n) is 2.69. The van der Waals surface area contributed by atoms with Gasteiger partial charge >= 0.3 is 5.97 Å². The van der Waals surface area contributed by atoms with Crippen LogP contribution in [0.3, 0.4) is 0 Å². The molecule has 3 aromatic rings. The number of hydrogen-bond donors (Lipinski definition) is 0. The summed E-state index contributed by atoms with van der Waals surface area (Å²) in [6.45, 7) is 5.47. The van der Waals surface area contributed by atoms with Crippen molar-refractivity contribution in [2.45, 2.75) is 27.4 Å². The summed E-state index contributed by atoms with van der Waals surface area (Å²) in [5, 5.41) is 2.31. The number of aryl methyl sites for hydroxylation is 2. The van der Waals surface area contributed by atoms with Gasteiger partial charge in [-0.25, -0.2) is 9.78 Å². The van der Waals surface area contributed by atoms with E-state index in [1.54, 1.807) is 22.4 Å². The Hall–Kier alpha value is -2.71. The number of carbonyl (C=O) groups excluding carboxylic acids is 2. The minimum atomic E-state index is -0.509. The lowest BCUT2D eigenvalue weighted by molar-refractivity contribution is -0.139. The van der Waals surface area contributed by atoms with Gasteiger partial charge < -0.3 is 9.15 Å². The van der Waals surface area contributed by atoms with Crippen molar-refractivity contribution >= 4 is 56.0 Å². The van der Waals surface area contributed by atoms with E-state index in [1.165, 1.54) is 30.4 Å². The first-order valence-electron chi connectivity index (χ1n) is 8.76. The van der Waals surface area contributed by atoms with Gasteiger partial charge in [-0.05, 0) is 59.6 Å².